The Hall–Kier alpha value is 0. The fourth-order valence-electron chi connectivity index (χ4n) is 15.2. The molecule has 54 heavy (non-hydrogen) atoms. The molecule has 7 fully saturated rings. The van der Waals surface area contributed by atoms with Crippen molar-refractivity contribution in [3.63, 3.8) is 0 Å². The molecule has 7 saturated carbocycles. The van der Waals surface area contributed by atoms with E-state index < -0.39 is 0 Å². The standard InChI is InChI=1S/C54H96/c1-42-25-16-13-14-19-29-44(34-24-26-42)50-37-48(43-27-17-9-7-4-8-10-18-28-43)38-51(53(40-50)45-30-20-11-5-2-3-6-12-21-31-45)36-47-33-23-15-22-32-46-35-49(46)39-52-41-54(47)52/h42-54H,2-41H2,1H3. The van der Waals surface area contributed by atoms with Gasteiger partial charge in [0.15, 0.2) is 0 Å². The quantitative estimate of drug-likeness (QED) is 0.246. The fraction of sp³-hybridized carbons (Fsp3) is 1.00. The lowest BCUT2D eigenvalue weighted by Crippen LogP contribution is -2.29. The van der Waals surface area contributed by atoms with Crippen molar-refractivity contribution in [2.75, 3.05) is 0 Å². The number of fused-ring (bicyclic) bond motifs is 2. The Kier molecular flexibility index (Phi) is 17.9. The van der Waals surface area contributed by atoms with Crippen LogP contribution in [0.5, 0.6) is 0 Å². The summed E-state index contributed by atoms with van der Waals surface area (Å²) >= 11 is 0. The molecule has 0 aromatic rings. The van der Waals surface area contributed by atoms with Gasteiger partial charge >= 0.3 is 0 Å². The highest BCUT2D eigenvalue weighted by Crippen LogP contribution is 2.59. The molecule has 0 aliphatic heterocycles. The molecule has 312 valence electrons. The molecule has 7 aliphatic rings. The zero-order chi connectivity index (χ0) is 36.8. The first-order chi connectivity index (χ1) is 26.7. The van der Waals surface area contributed by atoms with Gasteiger partial charge in [0.05, 0.1) is 0 Å². The molecule has 0 nitrogen and oxygen atoms in total. The molecule has 0 heteroatoms. The van der Waals surface area contributed by atoms with Crippen LogP contribution in [0.4, 0.5) is 0 Å². The maximum absolute atomic E-state index is 2.60. The normalized spacial score (nSPS) is 41.6. The van der Waals surface area contributed by atoms with E-state index in [1.54, 1.807) is 154 Å². The van der Waals surface area contributed by atoms with Crippen LogP contribution in [-0.4, -0.2) is 0 Å². The monoisotopic (exact) mass is 745 g/mol. The van der Waals surface area contributed by atoms with Crippen molar-refractivity contribution in [1.82, 2.24) is 0 Å². The summed E-state index contributed by atoms with van der Waals surface area (Å²) in [7, 11) is 0. The van der Waals surface area contributed by atoms with Crippen LogP contribution in [0.15, 0.2) is 0 Å². The van der Waals surface area contributed by atoms with Crippen molar-refractivity contribution < 1.29 is 0 Å². The van der Waals surface area contributed by atoms with E-state index >= 15 is 0 Å². The molecular formula is C54H96. The average molecular weight is 745 g/mol. The van der Waals surface area contributed by atoms with Gasteiger partial charge in [0.2, 0.25) is 0 Å². The van der Waals surface area contributed by atoms with E-state index in [0.29, 0.717) is 0 Å². The van der Waals surface area contributed by atoms with Gasteiger partial charge in [-0.3, -0.25) is 0 Å². The van der Waals surface area contributed by atoms with Gasteiger partial charge in [0.25, 0.3) is 0 Å². The number of rotatable bonds is 5. The molecule has 0 N–H and O–H groups in total. The highest BCUT2D eigenvalue weighted by atomic mass is 14.5. The lowest BCUT2D eigenvalue weighted by Gasteiger charge is -2.38. The Labute approximate surface area is 339 Å². The predicted octanol–water partition coefficient (Wildman–Crippen LogP) is 17.7. The van der Waals surface area contributed by atoms with Gasteiger partial charge in [0, 0.05) is 0 Å². The van der Waals surface area contributed by atoms with Crippen LogP contribution in [0, 0.1) is 76.9 Å². The van der Waals surface area contributed by atoms with Crippen molar-refractivity contribution in [3.8, 4) is 0 Å². The van der Waals surface area contributed by atoms with Gasteiger partial charge in [0.1, 0.15) is 0 Å². The van der Waals surface area contributed by atoms with Crippen molar-refractivity contribution in [3.05, 3.63) is 0 Å². The van der Waals surface area contributed by atoms with E-state index in [4.69, 9.17) is 0 Å². The van der Waals surface area contributed by atoms with Crippen LogP contribution in [-0.2, 0) is 0 Å². The van der Waals surface area contributed by atoms with Gasteiger partial charge in [-0.05, 0) is 122 Å². The molecule has 0 spiro atoms. The van der Waals surface area contributed by atoms with Crippen LogP contribution >= 0.6 is 0 Å². The molecule has 11 atom stereocenters. The summed E-state index contributed by atoms with van der Waals surface area (Å²) in [6.07, 6.45) is 62.8. The summed E-state index contributed by atoms with van der Waals surface area (Å²) in [6.45, 7) is 2.60. The Morgan fingerprint density at radius 2 is 0.593 bits per heavy atom. The first kappa shape index (κ1) is 42.1. The second-order valence-corrected chi connectivity index (χ2v) is 22.7. The maximum Gasteiger partial charge on any atom is -0.0354 e. The summed E-state index contributed by atoms with van der Waals surface area (Å²) in [6, 6.07) is 0. The molecule has 0 aromatic carbocycles. The molecule has 0 radical (unpaired) electrons. The highest BCUT2D eigenvalue weighted by molar-refractivity contribution is 5.00. The third-order valence-corrected chi connectivity index (χ3v) is 18.7. The van der Waals surface area contributed by atoms with E-state index in [-0.39, 0.29) is 0 Å². The number of hydrogen-bond acceptors (Lipinski definition) is 0. The Morgan fingerprint density at radius 1 is 0.241 bits per heavy atom. The predicted molar refractivity (Wildman–Crippen MR) is 236 cm³/mol. The molecule has 0 amide bonds. The molecule has 11 unspecified atom stereocenters. The van der Waals surface area contributed by atoms with E-state index in [9.17, 15) is 0 Å². The zero-order valence-electron chi connectivity index (χ0n) is 36.8. The van der Waals surface area contributed by atoms with Crippen molar-refractivity contribution >= 4 is 0 Å². The third-order valence-electron chi connectivity index (χ3n) is 18.7. The van der Waals surface area contributed by atoms with Crippen LogP contribution in [0.1, 0.15) is 264 Å². The summed E-state index contributed by atoms with van der Waals surface area (Å²) < 4.78 is 0. The largest absolute Gasteiger partial charge is 0.0625 e. The zero-order valence-corrected chi connectivity index (χ0v) is 36.8. The van der Waals surface area contributed by atoms with Crippen LogP contribution in [0.25, 0.3) is 0 Å². The summed E-state index contributed by atoms with van der Waals surface area (Å²) in [5.74, 6) is 14.0. The molecule has 0 saturated heterocycles. The molecule has 7 aliphatic carbocycles. The molecule has 0 bridgehead atoms. The molecule has 7 rings (SSSR count). The second kappa shape index (κ2) is 23.0. The van der Waals surface area contributed by atoms with E-state index in [0.717, 1.165) is 76.9 Å². The van der Waals surface area contributed by atoms with Gasteiger partial charge in [-0.2, -0.15) is 0 Å². The van der Waals surface area contributed by atoms with Crippen molar-refractivity contribution in [2.45, 2.75) is 264 Å². The van der Waals surface area contributed by atoms with Crippen molar-refractivity contribution in [1.29, 1.82) is 0 Å². The third kappa shape index (κ3) is 13.5. The van der Waals surface area contributed by atoms with Gasteiger partial charge in [-0.1, -0.05) is 219 Å². The minimum absolute atomic E-state index is 0.969. The van der Waals surface area contributed by atoms with E-state index in [2.05, 4.69) is 6.92 Å². The minimum Gasteiger partial charge on any atom is -0.0625 e. The lowest BCUT2D eigenvalue weighted by atomic mass is 9.67. The second-order valence-electron chi connectivity index (χ2n) is 22.7. The van der Waals surface area contributed by atoms with Crippen LogP contribution < -0.4 is 0 Å². The van der Waals surface area contributed by atoms with Crippen LogP contribution in [0.3, 0.4) is 0 Å². The first-order valence-corrected chi connectivity index (χ1v) is 26.7. The molecule has 0 heterocycles. The smallest absolute Gasteiger partial charge is 0.0354 e. The van der Waals surface area contributed by atoms with Crippen molar-refractivity contribution in [2.24, 2.45) is 76.9 Å². The fourth-order valence-corrected chi connectivity index (χ4v) is 15.2. The molecular weight excluding hydrogens is 649 g/mol. The SMILES string of the molecule is CC1CCCCCCC(C2CC(C3CCCCCCCCC3)CC(CC3CCCCCC4CC4CC4CC34)C(C3CCCCCCCCCC3)C2)CCC1. The van der Waals surface area contributed by atoms with Crippen LogP contribution in [0.2, 0.25) is 0 Å². The minimum atomic E-state index is 0.969. The van der Waals surface area contributed by atoms with Gasteiger partial charge in [-0.25, -0.2) is 0 Å². The first-order valence-electron chi connectivity index (χ1n) is 26.7. The summed E-state index contributed by atoms with van der Waals surface area (Å²) in [5.41, 5.74) is 0. The Morgan fingerprint density at radius 3 is 1.20 bits per heavy atom. The van der Waals surface area contributed by atoms with Gasteiger partial charge < -0.3 is 0 Å². The average Bonchev–Trinajstić information content (AvgIpc) is 4.10. The summed E-state index contributed by atoms with van der Waals surface area (Å²) in [4.78, 5) is 0. The Bertz CT molecular complexity index is 974. The topological polar surface area (TPSA) is 0 Å². The maximum atomic E-state index is 2.60. The van der Waals surface area contributed by atoms with E-state index in [1.165, 1.54) is 103 Å². The highest BCUT2D eigenvalue weighted by Gasteiger charge is 2.50. The van der Waals surface area contributed by atoms with Gasteiger partial charge in [-0.15, -0.1) is 0 Å². The number of hydrogen-bond donors (Lipinski definition) is 0. The van der Waals surface area contributed by atoms with E-state index in [1.807, 2.05) is 0 Å². The lowest BCUT2D eigenvalue weighted by molar-refractivity contribution is 0.118. The Balaban J connectivity index is 1.18. The summed E-state index contributed by atoms with van der Waals surface area (Å²) in [5, 5.41) is 0. The molecule has 0 aromatic heterocycles.